The molecule has 1 heterocycles. The van der Waals surface area contributed by atoms with Crippen LogP contribution in [0.1, 0.15) is 10.4 Å². The third-order valence-electron chi connectivity index (χ3n) is 3.26. The molecule has 1 amide bonds. The fraction of sp³-hybridized carbons (Fsp3) is 0. The van der Waals surface area contributed by atoms with Crippen molar-refractivity contribution in [3.63, 3.8) is 0 Å². The number of hydrogen-bond acceptors (Lipinski definition) is 3. The second kappa shape index (κ2) is 7.14. The number of hydrogen-bond donors (Lipinski definition) is 2. The highest BCUT2D eigenvalue weighted by Gasteiger charge is 2.13. The Morgan fingerprint density at radius 3 is 2.38 bits per heavy atom. The summed E-state index contributed by atoms with van der Waals surface area (Å²) in [5, 5.41) is 3.27. The lowest BCUT2D eigenvalue weighted by Crippen LogP contribution is -2.24. The van der Waals surface area contributed by atoms with Gasteiger partial charge in [-0.1, -0.05) is 11.6 Å². The van der Waals surface area contributed by atoms with Crippen molar-refractivity contribution in [2.75, 3.05) is 5.32 Å². The zero-order valence-corrected chi connectivity index (χ0v) is 15.1. The molecule has 0 aliphatic heterocycles. The minimum absolute atomic E-state index is 0.0498. The van der Waals surface area contributed by atoms with E-state index in [0.29, 0.717) is 22.1 Å². The van der Waals surface area contributed by atoms with Crippen LogP contribution in [0.5, 0.6) is 0 Å². The number of aromatic nitrogens is 2. The number of carbonyl (C=O) groups is 1. The van der Waals surface area contributed by atoms with Crippen molar-refractivity contribution < 1.29 is 4.79 Å². The first-order chi connectivity index (χ1) is 11.5. The minimum atomic E-state index is -0.507. The van der Waals surface area contributed by atoms with Crippen molar-refractivity contribution in [3.8, 4) is 11.4 Å². The molecule has 24 heavy (non-hydrogen) atoms. The molecule has 2 N–H and O–H groups in total. The number of H-pyrrole nitrogens is 1. The van der Waals surface area contributed by atoms with Crippen molar-refractivity contribution in [2.24, 2.45) is 0 Å². The Morgan fingerprint density at radius 2 is 1.75 bits per heavy atom. The maximum Gasteiger partial charge on any atom is 0.264 e. The van der Waals surface area contributed by atoms with Gasteiger partial charge >= 0.3 is 0 Å². The summed E-state index contributed by atoms with van der Waals surface area (Å²) >= 11 is 8.01. The van der Waals surface area contributed by atoms with E-state index in [0.717, 1.165) is 3.57 Å². The highest BCUT2D eigenvalue weighted by Crippen LogP contribution is 2.17. The van der Waals surface area contributed by atoms with Gasteiger partial charge < -0.3 is 10.3 Å². The molecule has 0 atom stereocenters. The molecule has 0 radical (unpaired) electrons. The number of halogens is 2. The normalized spacial score (nSPS) is 10.4. The van der Waals surface area contributed by atoms with Gasteiger partial charge in [0.2, 0.25) is 0 Å². The number of rotatable bonds is 3. The highest BCUT2D eigenvalue weighted by molar-refractivity contribution is 14.1. The summed E-state index contributed by atoms with van der Waals surface area (Å²) in [5.41, 5.74) is 0.770. The number of nitrogens with one attached hydrogen (secondary N) is 2. The quantitative estimate of drug-likeness (QED) is 0.592. The second-order valence-electron chi connectivity index (χ2n) is 4.94. The van der Waals surface area contributed by atoms with Gasteiger partial charge in [0.05, 0.1) is 0 Å². The molecule has 0 bridgehead atoms. The number of benzene rings is 2. The molecule has 0 fully saturated rings. The van der Waals surface area contributed by atoms with Crippen LogP contribution in [0.25, 0.3) is 11.4 Å². The van der Waals surface area contributed by atoms with Crippen LogP contribution in [0, 0.1) is 3.57 Å². The highest BCUT2D eigenvalue weighted by atomic mass is 127. The molecule has 1 aromatic heterocycles. The van der Waals surface area contributed by atoms with Gasteiger partial charge in [0.25, 0.3) is 11.5 Å². The monoisotopic (exact) mass is 451 g/mol. The van der Waals surface area contributed by atoms with Crippen molar-refractivity contribution in [1.82, 2.24) is 9.97 Å². The van der Waals surface area contributed by atoms with E-state index in [1.807, 2.05) is 12.1 Å². The summed E-state index contributed by atoms with van der Waals surface area (Å²) in [6.45, 7) is 0. The average molecular weight is 452 g/mol. The number of anilines is 1. The fourth-order valence-electron chi connectivity index (χ4n) is 2.04. The largest absolute Gasteiger partial charge is 0.322 e. The summed E-state index contributed by atoms with van der Waals surface area (Å²) in [4.78, 5) is 31.2. The van der Waals surface area contributed by atoms with Crippen molar-refractivity contribution in [1.29, 1.82) is 0 Å². The SMILES string of the molecule is O=C(Nc1ccc(I)cc1)c1cnc(-c2ccc(Cl)cc2)[nH]c1=O. The molecule has 120 valence electrons. The molecule has 5 nitrogen and oxygen atoms in total. The van der Waals surface area contributed by atoms with E-state index >= 15 is 0 Å². The van der Waals surface area contributed by atoms with Crippen LogP contribution in [0.4, 0.5) is 5.69 Å². The van der Waals surface area contributed by atoms with Gasteiger partial charge in [0.1, 0.15) is 11.4 Å². The molecule has 0 saturated heterocycles. The van der Waals surface area contributed by atoms with Crippen LogP contribution in [0.3, 0.4) is 0 Å². The third-order valence-corrected chi connectivity index (χ3v) is 4.23. The smallest absolute Gasteiger partial charge is 0.264 e. The molecule has 2 aromatic carbocycles. The Kier molecular flexibility index (Phi) is 4.96. The predicted octanol–water partition coefficient (Wildman–Crippen LogP) is 3.95. The first kappa shape index (κ1) is 16.7. The van der Waals surface area contributed by atoms with Gasteiger partial charge in [0, 0.05) is 26.0 Å². The Morgan fingerprint density at radius 1 is 1.08 bits per heavy atom. The molecular weight excluding hydrogens is 441 g/mol. The lowest BCUT2D eigenvalue weighted by Gasteiger charge is -2.06. The van der Waals surface area contributed by atoms with Gasteiger partial charge in [-0.2, -0.15) is 0 Å². The average Bonchev–Trinajstić information content (AvgIpc) is 2.57. The number of amides is 1. The van der Waals surface area contributed by atoms with E-state index in [9.17, 15) is 9.59 Å². The van der Waals surface area contributed by atoms with E-state index in [4.69, 9.17) is 11.6 Å². The van der Waals surface area contributed by atoms with E-state index < -0.39 is 11.5 Å². The predicted molar refractivity (Wildman–Crippen MR) is 102 cm³/mol. The first-order valence-electron chi connectivity index (χ1n) is 6.95. The standard InChI is InChI=1S/C17H11ClIN3O2/c18-11-3-1-10(2-4-11)15-20-9-14(17(24)22-15)16(23)21-13-7-5-12(19)6-8-13/h1-9H,(H,21,23)(H,20,22,24). The fourth-order valence-corrected chi connectivity index (χ4v) is 2.53. The zero-order chi connectivity index (χ0) is 17.1. The lowest BCUT2D eigenvalue weighted by atomic mass is 10.2. The van der Waals surface area contributed by atoms with Crippen LogP contribution in [-0.4, -0.2) is 15.9 Å². The number of carbonyl (C=O) groups excluding carboxylic acids is 1. The molecule has 0 saturated carbocycles. The van der Waals surface area contributed by atoms with Gasteiger partial charge in [-0.3, -0.25) is 9.59 Å². The summed E-state index contributed by atoms with van der Waals surface area (Å²) in [7, 11) is 0. The van der Waals surface area contributed by atoms with Crippen LogP contribution in [0.2, 0.25) is 5.02 Å². The van der Waals surface area contributed by atoms with Crippen molar-refractivity contribution in [3.05, 3.63) is 79.2 Å². The Hall–Kier alpha value is -2.19. The van der Waals surface area contributed by atoms with Crippen LogP contribution >= 0.6 is 34.2 Å². The zero-order valence-electron chi connectivity index (χ0n) is 12.2. The van der Waals surface area contributed by atoms with Crippen LogP contribution in [0.15, 0.2) is 59.5 Å². The van der Waals surface area contributed by atoms with Gasteiger partial charge in [-0.05, 0) is 71.1 Å². The van der Waals surface area contributed by atoms with Crippen LogP contribution in [-0.2, 0) is 0 Å². The minimum Gasteiger partial charge on any atom is -0.322 e. The molecule has 0 aliphatic rings. The first-order valence-corrected chi connectivity index (χ1v) is 8.41. The Labute approximate surface area is 156 Å². The summed E-state index contributed by atoms with van der Waals surface area (Å²) in [5.74, 6) is -0.130. The van der Waals surface area contributed by atoms with Gasteiger partial charge in [-0.15, -0.1) is 0 Å². The van der Waals surface area contributed by atoms with Crippen molar-refractivity contribution in [2.45, 2.75) is 0 Å². The van der Waals surface area contributed by atoms with Crippen molar-refractivity contribution >= 4 is 45.8 Å². The Balaban J connectivity index is 1.84. The van der Waals surface area contributed by atoms with E-state index in [2.05, 4.69) is 37.9 Å². The second-order valence-corrected chi connectivity index (χ2v) is 6.62. The summed E-state index contributed by atoms with van der Waals surface area (Å²) in [6.07, 6.45) is 1.27. The number of aromatic amines is 1. The third kappa shape index (κ3) is 3.82. The Bertz CT molecular complexity index is 937. The van der Waals surface area contributed by atoms with Gasteiger partial charge in [0.15, 0.2) is 0 Å². The van der Waals surface area contributed by atoms with E-state index in [1.54, 1.807) is 36.4 Å². The molecule has 0 unspecified atom stereocenters. The van der Waals surface area contributed by atoms with E-state index in [1.165, 1.54) is 6.20 Å². The molecular formula is C17H11ClIN3O2. The maximum absolute atomic E-state index is 12.2. The topological polar surface area (TPSA) is 74.8 Å². The summed E-state index contributed by atoms with van der Waals surface area (Å²) in [6, 6.07) is 14.2. The maximum atomic E-state index is 12.2. The molecule has 0 spiro atoms. The van der Waals surface area contributed by atoms with E-state index in [-0.39, 0.29) is 5.56 Å². The van der Waals surface area contributed by atoms with Crippen LogP contribution < -0.4 is 10.9 Å². The molecule has 0 aliphatic carbocycles. The molecule has 7 heteroatoms. The lowest BCUT2D eigenvalue weighted by molar-refractivity contribution is 0.102. The van der Waals surface area contributed by atoms with Gasteiger partial charge in [-0.25, -0.2) is 4.98 Å². The number of nitrogens with zero attached hydrogens (tertiary/aromatic N) is 1. The molecule has 3 aromatic rings. The molecule has 3 rings (SSSR count). The summed E-state index contributed by atoms with van der Waals surface area (Å²) < 4.78 is 1.05.